The quantitative estimate of drug-likeness (QED) is 0.741. The predicted molar refractivity (Wildman–Crippen MR) is 102 cm³/mol. The summed E-state index contributed by atoms with van der Waals surface area (Å²) in [7, 11) is 0. The van der Waals surface area contributed by atoms with Crippen molar-refractivity contribution in [2.45, 2.75) is 37.8 Å². The van der Waals surface area contributed by atoms with E-state index in [1.165, 1.54) is 4.68 Å². The molecule has 8 nitrogen and oxygen atoms in total. The molecule has 1 aliphatic carbocycles. The fourth-order valence-electron chi connectivity index (χ4n) is 3.82. The van der Waals surface area contributed by atoms with Gasteiger partial charge in [-0.2, -0.15) is 5.10 Å². The van der Waals surface area contributed by atoms with Crippen molar-refractivity contribution >= 4 is 11.6 Å². The number of ether oxygens (including phenoxy) is 1. The third-order valence-electron chi connectivity index (χ3n) is 5.44. The smallest absolute Gasteiger partial charge is 0.270 e. The zero-order valence-electron chi connectivity index (χ0n) is 15.5. The van der Waals surface area contributed by atoms with Crippen LogP contribution in [0.25, 0.3) is 5.65 Å². The predicted octanol–water partition coefficient (Wildman–Crippen LogP) is 1.45. The van der Waals surface area contributed by atoms with E-state index < -0.39 is 0 Å². The number of hydrogen-bond acceptors (Lipinski definition) is 5. The first kappa shape index (κ1) is 17.1. The van der Waals surface area contributed by atoms with Crippen molar-refractivity contribution in [1.82, 2.24) is 24.5 Å². The third kappa shape index (κ3) is 2.90. The maximum atomic E-state index is 13.0. The maximum absolute atomic E-state index is 13.0. The summed E-state index contributed by atoms with van der Waals surface area (Å²) in [6.45, 7) is 2.50. The second-order valence-electron chi connectivity index (χ2n) is 7.47. The van der Waals surface area contributed by atoms with Crippen LogP contribution in [0.3, 0.4) is 0 Å². The number of aryl methyl sites for hydroxylation is 1. The summed E-state index contributed by atoms with van der Waals surface area (Å²) < 4.78 is 8.84. The Labute approximate surface area is 161 Å². The van der Waals surface area contributed by atoms with Crippen LogP contribution in [-0.2, 0) is 4.74 Å². The van der Waals surface area contributed by atoms with E-state index in [0.717, 1.165) is 24.2 Å². The van der Waals surface area contributed by atoms with Gasteiger partial charge in [-0.1, -0.05) is 6.07 Å². The van der Waals surface area contributed by atoms with Gasteiger partial charge in [0.2, 0.25) is 0 Å². The first-order valence-corrected chi connectivity index (χ1v) is 9.54. The Morgan fingerprint density at radius 3 is 2.89 bits per heavy atom. The van der Waals surface area contributed by atoms with E-state index in [1.807, 2.05) is 37.4 Å². The number of nitrogens with zero attached hydrogens (tertiary/aromatic N) is 4. The van der Waals surface area contributed by atoms with Crippen LogP contribution in [0.4, 0.5) is 0 Å². The van der Waals surface area contributed by atoms with E-state index in [0.29, 0.717) is 30.5 Å². The summed E-state index contributed by atoms with van der Waals surface area (Å²) in [5.74, 6) is 0.214. The molecule has 2 atom stereocenters. The van der Waals surface area contributed by atoms with Gasteiger partial charge >= 0.3 is 0 Å². The molecule has 3 aromatic heterocycles. The number of nitrogens with one attached hydrogen (secondary N) is 1. The molecule has 0 radical (unpaired) electrons. The Hall–Kier alpha value is -3.00. The highest BCUT2D eigenvalue weighted by Gasteiger charge is 2.35. The van der Waals surface area contributed by atoms with E-state index in [-0.39, 0.29) is 23.6 Å². The minimum absolute atomic E-state index is 0.176. The molecule has 1 saturated heterocycles. The minimum atomic E-state index is -0.333. The minimum Gasteiger partial charge on any atom is -0.377 e. The zero-order valence-corrected chi connectivity index (χ0v) is 15.5. The van der Waals surface area contributed by atoms with Gasteiger partial charge in [-0.3, -0.25) is 14.0 Å². The summed E-state index contributed by atoms with van der Waals surface area (Å²) in [5, 5.41) is 7.59. The number of aromatic nitrogens is 4. The van der Waals surface area contributed by atoms with Crippen LogP contribution >= 0.6 is 0 Å². The average Bonchev–Trinajstić information content (AvgIpc) is 3.34. The van der Waals surface area contributed by atoms with Crippen molar-refractivity contribution < 1.29 is 9.53 Å². The van der Waals surface area contributed by atoms with Crippen molar-refractivity contribution in [3.05, 3.63) is 64.0 Å². The molecule has 1 N–H and O–H groups in total. The summed E-state index contributed by atoms with van der Waals surface area (Å²) in [5.41, 5.74) is 2.64. The number of rotatable bonds is 4. The zero-order chi connectivity index (χ0) is 19.3. The van der Waals surface area contributed by atoms with E-state index in [2.05, 4.69) is 15.4 Å². The standard InChI is InChI=1S/C20H21N5O3/c1-12-19(24-9-3-2-4-17(24)21-12)20(27)22-15-10-28-11-16(15)25-18(26)8-7-14(23-25)13-5-6-13/h2-4,7-9,13,15-16H,5-6,10-11H2,1H3,(H,22,27). The monoisotopic (exact) mass is 379 g/mol. The number of amides is 1. The Morgan fingerprint density at radius 1 is 1.21 bits per heavy atom. The largest absolute Gasteiger partial charge is 0.377 e. The lowest BCUT2D eigenvalue weighted by Crippen LogP contribution is -2.44. The van der Waals surface area contributed by atoms with Crippen molar-refractivity contribution in [2.24, 2.45) is 0 Å². The van der Waals surface area contributed by atoms with Crippen LogP contribution in [0.2, 0.25) is 0 Å². The van der Waals surface area contributed by atoms with Gasteiger partial charge in [0, 0.05) is 18.2 Å². The third-order valence-corrected chi connectivity index (χ3v) is 5.44. The lowest BCUT2D eigenvalue weighted by atomic mass is 10.1. The van der Waals surface area contributed by atoms with Crippen molar-refractivity contribution in [3.63, 3.8) is 0 Å². The summed E-state index contributed by atoms with van der Waals surface area (Å²) >= 11 is 0. The molecule has 0 aromatic carbocycles. The highest BCUT2D eigenvalue weighted by Crippen LogP contribution is 2.38. The highest BCUT2D eigenvalue weighted by atomic mass is 16.5. The molecular formula is C20H21N5O3. The van der Waals surface area contributed by atoms with Gasteiger partial charge in [0.25, 0.3) is 11.5 Å². The molecule has 0 bridgehead atoms. The number of pyridine rings is 1. The number of imidazole rings is 1. The molecule has 2 aliphatic rings. The number of fused-ring (bicyclic) bond motifs is 1. The van der Waals surface area contributed by atoms with E-state index in [1.54, 1.807) is 10.5 Å². The summed E-state index contributed by atoms with van der Waals surface area (Å²) in [4.78, 5) is 29.9. The Balaban J connectivity index is 1.43. The van der Waals surface area contributed by atoms with Crippen LogP contribution < -0.4 is 10.9 Å². The molecule has 1 amide bonds. The second kappa shape index (κ2) is 6.56. The van der Waals surface area contributed by atoms with Crippen LogP contribution in [0.15, 0.2) is 41.3 Å². The topological polar surface area (TPSA) is 90.5 Å². The van der Waals surface area contributed by atoms with Gasteiger partial charge in [0.1, 0.15) is 17.4 Å². The SMILES string of the molecule is Cc1nc2ccccn2c1C(=O)NC1COCC1n1nc(C2CC2)ccc1=O. The molecule has 3 aromatic rings. The number of carbonyl (C=O) groups excluding carboxylic acids is 1. The number of hydrogen-bond donors (Lipinski definition) is 1. The first-order valence-electron chi connectivity index (χ1n) is 9.54. The van der Waals surface area contributed by atoms with E-state index >= 15 is 0 Å². The van der Waals surface area contributed by atoms with Crippen molar-refractivity contribution in [3.8, 4) is 0 Å². The van der Waals surface area contributed by atoms with Gasteiger partial charge < -0.3 is 10.1 Å². The Morgan fingerprint density at radius 2 is 2.07 bits per heavy atom. The van der Waals surface area contributed by atoms with E-state index in [9.17, 15) is 9.59 Å². The summed E-state index contributed by atoms with van der Waals surface area (Å²) in [6, 6.07) is 8.32. The lowest BCUT2D eigenvalue weighted by molar-refractivity contribution is 0.0918. The van der Waals surface area contributed by atoms with Gasteiger partial charge in [0.15, 0.2) is 0 Å². The van der Waals surface area contributed by atoms with E-state index in [4.69, 9.17) is 4.74 Å². The van der Waals surface area contributed by atoms with Crippen molar-refractivity contribution in [1.29, 1.82) is 0 Å². The van der Waals surface area contributed by atoms with Crippen LogP contribution in [0, 0.1) is 6.92 Å². The molecule has 144 valence electrons. The maximum Gasteiger partial charge on any atom is 0.270 e. The average molecular weight is 379 g/mol. The Bertz CT molecular complexity index is 1110. The van der Waals surface area contributed by atoms with Gasteiger partial charge in [0.05, 0.1) is 30.6 Å². The lowest BCUT2D eigenvalue weighted by Gasteiger charge is -2.20. The van der Waals surface area contributed by atoms with Crippen LogP contribution in [0.5, 0.6) is 0 Å². The molecule has 1 saturated carbocycles. The van der Waals surface area contributed by atoms with Gasteiger partial charge in [-0.15, -0.1) is 0 Å². The number of carbonyl (C=O) groups is 1. The highest BCUT2D eigenvalue weighted by molar-refractivity contribution is 5.94. The van der Waals surface area contributed by atoms with Crippen LogP contribution in [-0.4, -0.2) is 44.3 Å². The first-order chi connectivity index (χ1) is 13.6. The molecule has 28 heavy (non-hydrogen) atoms. The molecule has 5 rings (SSSR count). The molecule has 2 fully saturated rings. The molecule has 2 unspecified atom stereocenters. The van der Waals surface area contributed by atoms with Crippen molar-refractivity contribution in [2.75, 3.05) is 13.2 Å². The van der Waals surface area contributed by atoms with Gasteiger partial charge in [-0.05, 0) is 38.0 Å². The molecule has 0 spiro atoms. The van der Waals surface area contributed by atoms with Crippen LogP contribution in [0.1, 0.15) is 46.7 Å². The Kier molecular flexibility index (Phi) is 4.01. The fourth-order valence-corrected chi connectivity index (χ4v) is 3.82. The van der Waals surface area contributed by atoms with Gasteiger partial charge in [-0.25, -0.2) is 9.67 Å². The molecule has 8 heteroatoms. The fraction of sp³-hybridized carbons (Fsp3) is 0.400. The summed E-state index contributed by atoms with van der Waals surface area (Å²) in [6.07, 6.45) is 4.04. The normalized spacial score (nSPS) is 21.9. The molecular weight excluding hydrogens is 358 g/mol. The second-order valence-corrected chi connectivity index (χ2v) is 7.47. The molecule has 1 aliphatic heterocycles. The molecule has 4 heterocycles.